The highest BCUT2D eigenvalue weighted by Gasteiger charge is 2.06. The van der Waals surface area contributed by atoms with Crippen molar-refractivity contribution in [3.63, 3.8) is 0 Å². The van der Waals surface area contributed by atoms with Gasteiger partial charge in [0.1, 0.15) is 18.1 Å². The molecule has 1 heterocycles. The molecule has 0 aliphatic rings. The summed E-state index contributed by atoms with van der Waals surface area (Å²) in [6.45, 7) is 4.97. The normalized spacial score (nSPS) is 10.6. The fraction of sp³-hybridized carbons (Fsp3) is 0.438. The summed E-state index contributed by atoms with van der Waals surface area (Å²) < 4.78 is 13.6. The number of hydrogen-bond donors (Lipinski definition) is 1. The van der Waals surface area contributed by atoms with Crippen molar-refractivity contribution in [1.82, 2.24) is 14.9 Å². The molecule has 0 radical (unpaired) electrons. The van der Waals surface area contributed by atoms with Gasteiger partial charge in [-0.15, -0.1) is 0 Å². The number of nitrogens with one attached hydrogen (secondary N) is 1. The molecule has 0 atom stereocenters. The second kappa shape index (κ2) is 8.32. The van der Waals surface area contributed by atoms with Crippen molar-refractivity contribution >= 4 is 0 Å². The van der Waals surface area contributed by atoms with Crippen molar-refractivity contribution in [1.29, 1.82) is 0 Å². The summed E-state index contributed by atoms with van der Waals surface area (Å²) in [7, 11) is 1.93. The van der Waals surface area contributed by atoms with Gasteiger partial charge in [-0.2, -0.15) is 0 Å². The molecule has 1 aromatic heterocycles. The van der Waals surface area contributed by atoms with Gasteiger partial charge in [-0.25, -0.2) is 4.98 Å². The van der Waals surface area contributed by atoms with Gasteiger partial charge >= 0.3 is 0 Å². The van der Waals surface area contributed by atoms with Gasteiger partial charge in [-0.1, -0.05) is 13.0 Å². The predicted octanol–water partition coefficient (Wildman–Crippen LogP) is 2.47. The molecule has 0 spiro atoms. The van der Waals surface area contributed by atoms with E-state index in [4.69, 9.17) is 9.47 Å². The molecule has 2 aromatic rings. The first kappa shape index (κ1) is 15.4. The Hall–Kier alpha value is -2.01. The lowest BCUT2D eigenvalue weighted by atomic mass is 10.2. The molecule has 0 aliphatic heterocycles. The Morgan fingerprint density at radius 3 is 2.86 bits per heavy atom. The van der Waals surface area contributed by atoms with Crippen molar-refractivity contribution in [3.8, 4) is 11.5 Å². The predicted molar refractivity (Wildman–Crippen MR) is 82.7 cm³/mol. The van der Waals surface area contributed by atoms with Crippen LogP contribution in [0.4, 0.5) is 0 Å². The van der Waals surface area contributed by atoms with Crippen molar-refractivity contribution in [2.75, 3.05) is 20.3 Å². The molecule has 1 N–H and O–H groups in total. The monoisotopic (exact) mass is 289 g/mol. The van der Waals surface area contributed by atoms with E-state index < -0.39 is 0 Å². The highest BCUT2D eigenvalue weighted by Crippen LogP contribution is 2.25. The van der Waals surface area contributed by atoms with Crippen LogP contribution < -0.4 is 14.8 Å². The molecule has 5 heteroatoms. The highest BCUT2D eigenvalue weighted by atomic mass is 16.5. The second-order valence-electron chi connectivity index (χ2n) is 4.80. The molecule has 21 heavy (non-hydrogen) atoms. The van der Waals surface area contributed by atoms with Crippen LogP contribution in [-0.4, -0.2) is 29.8 Å². The quantitative estimate of drug-likeness (QED) is 0.770. The van der Waals surface area contributed by atoms with E-state index in [0.29, 0.717) is 6.61 Å². The van der Waals surface area contributed by atoms with Crippen LogP contribution in [0.1, 0.15) is 18.9 Å². The highest BCUT2D eigenvalue weighted by molar-refractivity contribution is 5.40. The third kappa shape index (κ3) is 4.79. The number of imidazole rings is 1. The Bertz CT molecular complexity index is 526. The molecule has 2 rings (SSSR count). The van der Waals surface area contributed by atoms with Gasteiger partial charge < -0.3 is 19.4 Å². The molecule has 0 aliphatic carbocycles. The van der Waals surface area contributed by atoms with Gasteiger partial charge in [0.2, 0.25) is 0 Å². The lowest BCUT2D eigenvalue weighted by Crippen LogP contribution is -2.11. The number of aromatic nitrogens is 2. The van der Waals surface area contributed by atoms with Crippen molar-refractivity contribution < 1.29 is 9.47 Å². The zero-order chi connectivity index (χ0) is 14.9. The van der Waals surface area contributed by atoms with Crippen molar-refractivity contribution in [2.45, 2.75) is 26.4 Å². The molecule has 1 aromatic carbocycles. The summed E-state index contributed by atoms with van der Waals surface area (Å²) in [4.78, 5) is 4.02. The minimum Gasteiger partial charge on any atom is -0.493 e. The van der Waals surface area contributed by atoms with Gasteiger partial charge in [0.25, 0.3) is 0 Å². The summed E-state index contributed by atoms with van der Waals surface area (Å²) in [5.74, 6) is 1.73. The van der Waals surface area contributed by atoms with Crippen LogP contribution in [-0.2, 0) is 13.1 Å². The summed E-state index contributed by atoms with van der Waals surface area (Å²) in [6.07, 6.45) is 6.48. The molecule has 0 saturated carbocycles. The number of hydrogen-bond acceptors (Lipinski definition) is 4. The van der Waals surface area contributed by atoms with Gasteiger partial charge in [-0.3, -0.25) is 0 Å². The standard InChI is InChI=1S/C16H23N3O2/c1-3-9-20-15-5-4-14(12-17-2)16(11-15)21-10-8-19-7-6-18-13-19/h4-7,11,13,17H,3,8-10,12H2,1-2H3. The Balaban J connectivity index is 1.99. The Labute approximate surface area is 125 Å². The number of nitrogens with zero attached hydrogens (tertiary/aromatic N) is 2. The van der Waals surface area contributed by atoms with Crippen LogP contribution in [0.15, 0.2) is 36.9 Å². The average molecular weight is 289 g/mol. The molecule has 0 saturated heterocycles. The lowest BCUT2D eigenvalue weighted by molar-refractivity contribution is 0.287. The molecular formula is C16H23N3O2. The van der Waals surface area contributed by atoms with Crippen LogP contribution in [0, 0.1) is 0 Å². The van der Waals surface area contributed by atoms with E-state index >= 15 is 0 Å². The molecule has 114 valence electrons. The lowest BCUT2D eigenvalue weighted by Gasteiger charge is -2.14. The van der Waals surface area contributed by atoms with E-state index in [1.807, 2.05) is 36.0 Å². The molecule has 0 amide bonds. The molecule has 0 fully saturated rings. The first-order valence-corrected chi connectivity index (χ1v) is 7.32. The summed E-state index contributed by atoms with van der Waals surface area (Å²) in [5.41, 5.74) is 1.13. The first-order valence-electron chi connectivity index (χ1n) is 7.32. The second-order valence-corrected chi connectivity index (χ2v) is 4.80. The Morgan fingerprint density at radius 1 is 1.24 bits per heavy atom. The molecule has 5 nitrogen and oxygen atoms in total. The molecule has 0 bridgehead atoms. The number of benzene rings is 1. The van der Waals surface area contributed by atoms with Gasteiger partial charge in [0.15, 0.2) is 0 Å². The van der Waals surface area contributed by atoms with Crippen LogP contribution in [0.25, 0.3) is 0 Å². The van der Waals surface area contributed by atoms with Crippen LogP contribution >= 0.6 is 0 Å². The van der Waals surface area contributed by atoms with E-state index in [-0.39, 0.29) is 0 Å². The third-order valence-corrected chi connectivity index (χ3v) is 3.04. The van der Waals surface area contributed by atoms with E-state index in [2.05, 4.69) is 17.2 Å². The molecular weight excluding hydrogens is 266 g/mol. The summed E-state index contributed by atoms with van der Waals surface area (Å²) in [5, 5.41) is 3.15. The van der Waals surface area contributed by atoms with Gasteiger partial charge in [0, 0.05) is 30.6 Å². The zero-order valence-corrected chi connectivity index (χ0v) is 12.7. The van der Waals surface area contributed by atoms with Gasteiger partial charge in [-0.05, 0) is 19.5 Å². The Kier molecular flexibility index (Phi) is 6.09. The smallest absolute Gasteiger partial charge is 0.127 e. The maximum Gasteiger partial charge on any atom is 0.127 e. The number of rotatable bonds is 9. The average Bonchev–Trinajstić information content (AvgIpc) is 3.01. The summed E-state index contributed by atoms with van der Waals surface area (Å²) >= 11 is 0. The van der Waals surface area contributed by atoms with E-state index in [9.17, 15) is 0 Å². The zero-order valence-electron chi connectivity index (χ0n) is 12.7. The Morgan fingerprint density at radius 2 is 2.14 bits per heavy atom. The largest absolute Gasteiger partial charge is 0.493 e. The van der Waals surface area contributed by atoms with E-state index in [0.717, 1.165) is 43.2 Å². The first-order chi connectivity index (χ1) is 10.3. The van der Waals surface area contributed by atoms with Gasteiger partial charge in [0.05, 0.1) is 19.5 Å². The van der Waals surface area contributed by atoms with Crippen LogP contribution in [0.5, 0.6) is 11.5 Å². The van der Waals surface area contributed by atoms with Crippen LogP contribution in [0.3, 0.4) is 0 Å². The van der Waals surface area contributed by atoms with E-state index in [1.165, 1.54) is 0 Å². The third-order valence-electron chi connectivity index (χ3n) is 3.04. The SMILES string of the molecule is CCCOc1ccc(CNC)c(OCCn2ccnc2)c1. The van der Waals surface area contributed by atoms with Crippen molar-refractivity contribution in [2.24, 2.45) is 0 Å². The minimum absolute atomic E-state index is 0.601. The topological polar surface area (TPSA) is 48.3 Å². The fourth-order valence-corrected chi connectivity index (χ4v) is 2.00. The van der Waals surface area contributed by atoms with Crippen LogP contribution in [0.2, 0.25) is 0 Å². The fourth-order valence-electron chi connectivity index (χ4n) is 2.00. The van der Waals surface area contributed by atoms with E-state index in [1.54, 1.807) is 12.5 Å². The maximum atomic E-state index is 5.92. The molecule has 0 unspecified atom stereocenters. The number of ether oxygens (including phenoxy) is 2. The summed E-state index contributed by atoms with van der Waals surface area (Å²) in [6, 6.07) is 6.01. The minimum atomic E-state index is 0.601. The van der Waals surface area contributed by atoms with Crippen molar-refractivity contribution in [3.05, 3.63) is 42.5 Å². The maximum absolute atomic E-state index is 5.92.